The third-order valence-corrected chi connectivity index (χ3v) is 3.36. The fraction of sp³-hybridized carbons (Fsp3) is 0.800. The average Bonchev–Trinajstić information content (AvgIpc) is 2.11. The Morgan fingerprint density at radius 1 is 1.41 bits per heavy atom. The second kappa shape index (κ2) is 7.03. The molecule has 100 valence electrons. The topological polar surface area (TPSA) is 38.7 Å². The minimum absolute atomic E-state index is 0.119. The molecule has 0 heterocycles. The Labute approximate surface area is 121 Å². The van der Waals surface area contributed by atoms with E-state index in [2.05, 4.69) is 4.99 Å². The van der Waals surface area contributed by atoms with Crippen molar-refractivity contribution in [2.24, 2.45) is 10.4 Å². The van der Waals surface area contributed by atoms with E-state index < -0.39 is 20.6 Å². The van der Waals surface area contributed by atoms with Gasteiger partial charge in [0.15, 0.2) is 10.2 Å². The Morgan fingerprint density at radius 2 is 1.94 bits per heavy atom. The second-order valence-corrected chi connectivity index (χ2v) is 7.35. The number of rotatable bonds is 5. The molecule has 0 aliphatic rings. The molecular weight excluding hydrogens is 308 g/mol. The molecule has 17 heavy (non-hydrogen) atoms. The minimum atomic E-state index is -1.43. The molecule has 0 N–H and O–H groups in total. The Morgan fingerprint density at radius 3 is 2.35 bits per heavy atom. The normalized spacial score (nSPS) is 15.0. The Balaban J connectivity index is 4.40. The summed E-state index contributed by atoms with van der Waals surface area (Å²) in [7, 11) is 1.51. The van der Waals surface area contributed by atoms with E-state index in [1.807, 2.05) is 13.8 Å². The molecule has 0 rings (SSSR count). The van der Waals surface area contributed by atoms with Gasteiger partial charge in [0.2, 0.25) is 0 Å². The van der Waals surface area contributed by atoms with Crippen molar-refractivity contribution in [2.75, 3.05) is 7.05 Å². The fourth-order valence-electron chi connectivity index (χ4n) is 1.12. The number of alkyl halides is 4. The van der Waals surface area contributed by atoms with Crippen molar-refractivity contribution in [3.05, 3.63) is 0 Å². The van der Waals surface area contributed by atoms with Gasteiger partial charge in [0.05, 0.1) is 6.42 Å². The van der Waals surface area contributed by atoms with Gasteiger partial charge in [-0.05, 0) is 5.41 Å². The van der Waals surface area contributed by atoms with Crippen LogP contribution in [-0.4, -0.2) is 28.6 Å². The molecule has 0 fully saturated rings. The Bertz CT molecular complexity index is 287. The first-order valence-corrected chi connectivity index (χ1v) is 6.46. The van der Waals surface area contributed by atoms with E-state index in [1.54, 1.807) is 0 Å². The van der Waals surface area contributed by atoms with Gasteiger partial charge in [0, 0.05) is 18.8 Å². The molecule has 0 radical (unpaired) electrons. The zero-order chi connectivity index (χ0) is 13.7. The minimum Gasteiger partial charge on any atom is -0.415 e. The van der Waals surface area contributed by atoms with Crippen molar-refractivity contribution >= 4 is 58.8 Å². The van der Waals surface area contributed by atoms with Crippen LogP contribution in [0, 0.1) is 5.41 Å². The van der Waals surface area contributed by atoms with Crippen LogP contribution in [0.3, 0.4) is 0 Å². The summed E-state index contributed by atoms with van der Waals surface area (Å²) in [5.41, 5.74) is -0.538. The van der Waals surface area contributed by atoms with Gasteiger partial charge in [-0.2, -0.15) is 0 Å². The molecule has 3 nitrogen and oxygen atoms in total. The maximum atomic E-state index is 11.4. The molecule has 0 aliphatic carbocycles. The molecule has 7 heteroatoms. The molecule has 0 aromatic carbocycles. The molecule has 0 saturated carbocycles. The van der Waals surface area contributed by atoms with Crippen LogP contribution in [0.25, 0.3) is 0 Å². The van der Waals surface area contributed by atoms with E-state index in [4.69, 9.17) is 51.1 Å². The van der Waals surface area contributed by atoms with Crippen molar-refractivity contribution in [1.82, 2.24) is 0 Å². The summed E-state index contributed by atoms with van der Waals surface area (Å²) in [6.45, 7) is 3.62. The number of carbonyl (C=O) groups is 1. The smallest absolute Gasteiger partial charge is 0.312 e. The molecule has 0 aliphatic heterocycles. The van der Waals surface area contributed by atoms with Crippen LogP contribution in [0.5, 0.6) is 0 Å². The van der Waals surface area contributed by atoms with Gasteiger partial charge in [-0.25, -0.2) is 0 Å². The van der Waals surface area contributed by atoms with Crippen LogP contribution >= 0.6 is 46.4 Å². The number of hydrogen-bond donors (Lipinski definition) is 0. The first kappa shape index (κ1) is 17.3. The van der Waals surface area contributed by atoms with Crippen LogP contribution in [0.4, 0.5) is 0 Å². The van der Waals surface area contributed by atoms with E-state index in [0.717, 1.165) is 6.40 Å². The van der Waals surface area contributed by atoms with Crippen molar-refractivity contribution in [3.63, 3.8) is 0 Å². The molecule has 1 atom stereocenters. The third kappa shape index (κ3) is 8.09. The van der Waals surface area contributed by atoms with Gasteiger partial charge >= 0.3 is 5.97 Å². The maximum Gasteiger partial charge on any atom is 0.312 e. The zero-order valence-electron chi connectivity index (χ0n) is 9.84. The lowest BCUT2D eigenvalue weighted by Gasteiger charge is -2.30. The van der Waals surface area contributed by atoms with E-state index in [9.17, 15) is 4.79 Å². The molecule has 0 aromatic heterocycles. The number of esters is 1. The van der Waals surface area contributed by atoms with Gasteiger partial charge in [-0.3, -0.25) is 9.79 Å². The first-order valence-electron chi connectivity index (χ1n) is 4.89. The standard InChI is InChI=1S/C10H15Cl4NO2/c1-9(2,5-8(16)17-6-15-3)7(11)4-10(12,13)14/h6-7H,4-5H2,1-3H3. The molecule has 0 bridgehead atoms. The highest BCUT2D eigenvalue weighted by Crippen LogP contribution is 2.40. The summed E-state index contributed by atoms with van der Waals surface area (Å²) in [6.07, 6.45) is 1.35. The quantitative estimate of drug-likeness (QED) is 0.332. The number of nitrogens with zero attached hydrogens (tertiary/aromatic N) is 1. The van der Waals surface area contributed by atoms with Gasteiger partial charge < -0.3 is 4.74 Å². The van der Waals surface area contributed by atoms with E-state index >= 15 is 0 Å². The van der Waals surface area contributed by atoms with Crippen LogP contribution in [0.2, 0.25) is 0 Å². The highest BCUT2D eigenvalue weighted by molar-refractivity contribution is 6.67. The maximum absolute atomic E-state index is 11.4. The first-order chi connectivity index (χ1) is 7.58. The SMILES string of the molecule is CN=COC(=O)CC(C)(C)C(Cl)CC(Cl)(Cl)Cl. The van der Waals surface area contributed by atoms with Crippen LogP contribution in [-0.2, 0) is 9.53 Å². The molecule has 1 unspecified atom stereocenters. The van der Waals surface area contributed by atoms with Crippen molar-refractivity contribution < 1.29 is 9.53 Å². The number of ether oxygens (including phenoxy) is 1. The molecule has 0 amide bonds. The van der Waals surface area contributed by atoms with Gasteiger partial charge in [-0.1, -0.05) is 48.7 Å². The molecule has 0 saturated heterocycles. The number of carbonyl (C=O) groups excluding carboxylic acids is 1. The summed E-state index contributed by atoms with van der Waals surface area (Å²) in [6, 6.07) is 0. The monoisotopic (exact) mass is 321 g/mol. The van der Waals surface area contributed by atoms with E-state index in [0.29, 0.717) is 0 Å². The predicted octanol–water partition coefficient (Wildman–Crippen LogP) is 3.97. The number of halogens is 4. The highest BCUT2D eigenvalue weighted by Gasteiger charge is 2.36. The molecule has 0 spiro atoms. The van der Waals surface area contributed by atoms with Crippen LogP contribution < -0.4 is 0 Å². The Hall–Kier alpha value is 0.300. The zero-order valence-corrected chi connectivity index (χ0v) is 12.9. The van der Waals surface area contributed by atoms with Gasteiger partial charge in [0.1, 0.15) is 0 Å². The van der Waals surface area contributed by atoms with E-state index in [1.165, 1.54) is 7.05 Å². The van der Waals surface area contributed by atoms with E-state index in [-0.39, 0.29) is 12.8 Å². The van der Waals surface area contributed by atoms with Crippen LogP contribution in [0.1, 0.15) is 26.7 Å². The lowest BCUT2D eigenvalue weighted by Crippen LogP contribution is -2.31. The second-order valence-electron chi connectivity index (χ2n) is 4.31. The summed E-state index contributed by atoms with van der Waals surface area (Å²) in [5.74, 6) is -0.421. The lowest BCUT2D eigenvalue weighted by molar-refractivity contribution is -0.137. The third-order valence-electron chi connectivity index (χ3n) is 2.15. The van der Waals surface area contributed by atoms with Crippen LogP contribution in [0.15, 0.2) is 4.99 Å². The van der Waals surface area contributed by atoms with Gasteiger partial charge in [0.25, 0.3) is 0 Å². The average molecular weight is 323 g/mol. The molecular formula is C10H15Cl4NO2. The lowest BCUT2D eigenvalue weighted by atomic mass is 9.84. The Kier molecular flexibility index (Phi) is 7.15. The summed E-state index contributed by atoms with van der Waals surface area (Å²) >= 11 is 23.1. The molecule has 0 aromatic rings. The predicted molar refractivity (Wildman–Crippen MR) is 73.5 cm³/mol. The van der Waals surface area contributed by atoms with Crippen molar-refractivity contribution in [1.29, 1.82) is 0 Å². The summed E-state index contributed by atoms with van der Waals surface area (Å²) < 4.78 is 3.29. The fourth-order valence-corrected chi connectivity index (χ4v) is 2.12. The van der Waals surface area contributed by atoms with Gasteiger partial charge in [-0.15, -0.1) is 11.6 Å². The number of hydrogen-bond acceptors (Lipinski definition) is 3. The largest absolute Gasteiger partial charge is 0.415 e. The highest BCUT2D eigenvalue weighted by atomic mass is 35.6. The van der Waals surface area contributed by atoms with Crippen molar-refractivity contribution in [2.45, 2.75) is 35.9 Å². The van der Waals surface area contributed by atoms with Crippen molar-refractivity contribution in [3.8, 4) is 0 Å². The summed E-state index contributed by atoms with van der Waals surface area (Å²) in [4.78, 5) is 15.0. The number of aliphatic imine (C=N–C) groups is 1. The summed E-state index contributed by atoms with van der Waals surface area (Å²) in [5, 5.41) is -0.457.